The van der Waals surface area contributed by atoms with Crippen LogP contribution in [0.15, 0.2) is 42.6 Å². The van der Waals surface area contributed by atoms with Crippen LogP contribution in [0.4, 0.5) is 13.2 Å². The molecule has 0 N–H and O–H groups in total. The summed E-state index contributed by atoms with van der Waals surface area (Å²) in [4.78, 5) is 4.13. The summed E-state index contributed by atoms with van der Waals surface area (Å²) < 4.78 is 68.5. The fourth-order valence-electron chi connectivity index (χ4n) is 2.23. The number of fused-ring (bicyclic) bond motifs is 3. The predicted octanol–water partition coefficient (Wildman–Crippen LogP) is 4.65. The zero-order chi connectivity index (χ0) is 19.5. The number of aromatic nitrogens is 1. The summed E-state index contributed by atoms with van der Waals surface area (Å²) in [5, 5.41) is 2.22. The van der Waals surface area contributed by atoms with Gasteiger partial charge in [0, 0.05) is 23.0 Å². The highest BCUT2D eigenvalue weighted by Gasteiger charge is 2.48. The SMILES string of the molecule is CC.COc1ccc2c(cnc3cc(OS(=O)(=O)C(F)(F)F)ccc32)c1. The van der Waals surface area contributed by atoms with Crippen LogP contribution in [0.5, 0.6) is 11.5 Å². The summed E-state index contributed by atoms with van der Waals surface area (Å²) in [6, 6.07) is 9.03. The maximum Gasteiger partial charge on any atom is 0.534 e. The minimum atomic E-state index is -5.72. The largest absolute Gasteiger partial charge is 0.534 e. The molecule has 1 heterocycles. The Labute approximate surface area is 148 Å². The zero-order valence-corrected chi connectivity index (χ0v) is 15.0. The number of rotatable bonds is 3. The van der Waals surface area contributed by atoms with Gasteiger partial charge in [0.1, 0.15) is 11.5 Å². The molecular formula is C17H16F3NO4S. The molecule has 0 bridgehead atoms. The molecule has 0 aliphatic rings. The van der Waals surface area contributed by atoms with Crippen LogP contribution in [-0.4, -0.2) is 26.0 Å². The van der Waals surface area contributed by atoms with Crippen LogP contribution in [0, 0.1) is 0 Å². The van der Waals surface area contributed by atoms with Gasteiger partial charge in [-0.25, -0.2) is 0 Å². The molecule has 9 heteroatoms. The van der Waals surface area contributed by atoms with Crippen molar-refractivity contribution in [3.63, 3.8) is 0 Å². The number of benzene rings is 2. The zero-order valence-electron chi connectivity index (χ0n) is 14.2. The first-order chi connectivity index (χ1) is 12.2. The van der Waals surface area contributed by atoms with Crippen LogP contribution in [0.25, 0.3) is 21.7 Å². The summed E-state index contributed by atoms with van der Waals surface area (Å²) in [5.41, 5.74) is -5.18. The van der Waals surface area contributed by atoms with Gasteiger partial charge in [-0.2, -0.15) is 21.6 Å². The second-order valence-corrected chi connectivity index (χ2v) is 6.41. The molecule has 0 unspecified atom stereocenters. The van der Waals surface area contributed by atoms with Crippen LogP contribution < -0.4 is 8.92 Å². The highest BCUT2D eigenvalue weighted by atomic mass is 32.2. The van der Waals surface area contributed by atoms with E-state index in [1.165, 1.54) is 19.4 Å². The molecule has 0 aliphatic heterocycles. The number of hydrogen-bond donors (Lipinski definition) is 0. The normalized spacial score (nSPS) is 11.8. The molecule has 0 radical (unpaired) electrons. The Morgan fingerprint density at radius 3 is 2.19 bits per heavy atom. The summed E-state index contributed by atoms with van der Waals surface area (Å²) in [6.07, 6.45) is 1.52. The van der Waals surface area contributed by atoms with E-state index in [1.807, 2.05) is 13.8 Å². The topological polar surface area (TPSA) is 65.5 Å². The van der Waals surface area contributed by atoms with E-state index in [2.05, 4.69) is 9.17 Å². The minimum absolute atomic E-state index is 0.308. The predicted molar refractivity (Wildman–Crippen MR) is 92.8 cm³/mol. The van der Waals surface area contributed by atoms with Gasteiger partial charge in [0.2, 0.25) is 0 Å². The van der Waals surface area contributed by atoms with Gasteiger partial charge in [0.15, 0.2) is 0 Å². The molecule has 3 rings (SSSR count). The van der Waals surface area contributed by atoms with Crippen molar-refractivity contribution in [1.29, 1.82) is 0 Å². The van der Waals surface area contributed by atoms with Crippen LogP contribution in [-0.2, 0) is 10.1 Å². The van der Waals surface area contributed by atoms with E-state index in [9.17, 15) is 21.6 Å². The Morgan fingerprint density at radius 2 is 1.58 bits per heavy atom. The lowest BCUT2D eigenvalue weighted by Crippen LogP contribution is -2.28. The summed E-state index contributed by atoms with van der Waals surface area (Å²) in [6.45, 7) is 4.00. The number of ether oxygens (including phenoxy) is 1. The van der Waals surface area contributed by atoms with Crippen LogP contribution >= 0.6 is 0 Å². The van der Waals surface area contributed by atoms with Crippen LogP contribution in [0.3, 0.4) is 0 Å². The number of methoxy groups -OCH3 is 1. The lowest BCUT2D eigenvalue weighted by molar-refractivity contribution is -0.0500. The van der Waals surface area contributed by atoms with Crippen molar-refractivity contribution in [2.45, 2.75) is 19.4 Å². The first kappa shape index (κ1) is 19.8. The van der Waals surface area contributed by atoms with Crippen molar-refractivity contribution >= 4 is 31.8 Å². The summed E-state index contributed by atoms with van der Waals surface area (Å²) >= 11 is 0. The third-order valence-corrected chi connectivity index (χ3v) is 4.33. The second-order valence-electron chi connectivity index (χ2n) is 4.87. The van der Waals surface area contributed by atoms with E-state index in [0.717, 1.165) is 22.9 Å². The molecule has 2 aromatic carbocycles. The molecule has 140 valence electrons. The molecule has 26 heavy (non-hydrogen) atoms. The van der Waals surface area contributed by atoms with Gasteiger partial charge in [-0.05, 0) is 35.7 Å². The lowest BCUT2D eigenvalue weighted by atomic mass is 10.1. The Bertz CT molecular complexity index is 1030. The second kappa shape index (κ2) is 7.36. The van der Waals surface area contributed by atoms with Gasteiger partial charge in [0.25, 0.3) is 0 Å². The Morgan fingerprint density at radius 1 is 0.962 bits per heavy atom. The van der Waals surface area contributed by atoms with Gasteiger partial charge in [-0.1, -0.05) is 13.8 Å². The van der Waals surface area contributed by atoms with E-state index < -0.39 is 21.4 Å². The number of alkyl halides is 3. The fourth-order valence-corrected chi connectivity index (χ4v) is 2.68. The van der Waals surface area contributed by atoms with Gasteiger partial charge < -0.3 is 8.92 Å². The Kier molecular flexibility index (Phi) is 5.60. The molecule has 0 saturated heterocycles. The van der Waals surface area contributed by atoms with Crippen LogP contribution in [0.1, 0.15) is 13.8 Å². The monoisotopic (exact) mass is 387 g/mol. The Balaban J connectivity index is 0.00000117. The number of hydrogen-bond acceptors (Lipinski definition) is 5. The third kappa shape index (κ3) is 3.82. The standard InChI is InChI=1S/C15H10F3NO4S.C2H6/c1-22-10-2-4-12-9(6-10)8-19-14-7-11(3-5-13(12)14)23-24(20,21)15(16,17)18;1-2/h2-8H,1H3;1-2H3. The van der Waals surface area contributed by atoms with Crippen molar-refractivity contribution < 1.29 is 30.5 Å². The van der Waals surface area contributed by atoms with Crippen molar-refractivity contribution in [3.8, 4) is 11.5 Å². The average Bonchev–Trinajstić information content (AvgIpc) is 2.61. The van der Waals surface area contributed by atoms with Gasteiger partial charge in [0.05, 0.1) is 12.6 Å². The lowest BCUT2D eigenvalue weighted by Gasteiger charge is -2.10. The number of pyridine rings is 1. The van der Waals surface area contributed by atoms with E-state index in [0.29, 0.717) is 16.7 Å². The Hall–Kier alpha value is -2.55. The highest BCUT2D eigenvalue weighted by molar-refractivity contribution is 7.88. The molecule has 3 aromatic rings. The first-order valence-corrected chi connectivity index (χ1v) is 8.99. The smallest absolute Gasteiger partial charge is 0.497 e. The fraction of sp³-hybridized carbons (Fsp3) is 0.235. The molecule has 0 saturated carbocycles. The summed E-state index contributed by atoms with van der Waals surface area (Å²) in [7, 11) is -4.19. The maximum absolute atomic E-state index is 12.4. The average molecular weight is 387 g/mol. The van der Waals surface area contributed by atoms with Crippen molar-refractivity contribution in [3.05, 3.63) is 42.6 Å². The van der Waals surface area contributed by atoms with Gasteiger partial charge >= 0.3 is 15.6 Å². The van der Waals surface area contributed by atoms with Gasteiger partial charge in [-0.3, -0.25) is 4.98 Å². The molecule has 0 fully saturated rings. The maximum atomic E-state index is 12.4. The molecular weight excluding hydrogens is 371 g/mol. The number of halogens is 3. The van der Waals surface area contributed by atoms with E-state index in [4.69, 9.17) is 4.74 Å². The molecule has 0 aliphatic carbocycles. The molecule has 0 spiro atoms. The molecule has 0 amide bonds. The molecule has 5 nitrogen and oxygen atoms in total. The first-order valence-electron chi connectivity index (χ1n) is 7.58. The van der Waals surface area contributed by atoms with E-state index in [-0.39, 0.29) is 0 Å². The van der Waals surface area contributed by atoms with Gasteiger partial charge in [-0.15, -0.1) is 0 Å². The van der Waals surface area contributed by atoms with E-state index >= 15 is 0 Å². The van der Waals surface area contributed by atoms with Crippen molar-refractivity contribution in [1.82, 2.24) is 4.98 Å². The third-order valence-electron chi connectivity index (χ3n) is 3.35. The summed E-state index contributed by atoms with van der Waals surface area (Å²) in [5.74, 6) is 0.181. The molecule has 0 atom stereocenters. The highest BCUT2D eigenvalue weighted by Crippen LogP contribution is 2.31. The quantitative estimate of drug-likeness (QED) is 0.372. The molecule has 1 aromatic heterocycles. The number of nitrogens with zero attached hydrogens (tertiary/aromatic N) is 1. The van der Waals surface area contributed by atoms with Crippen molar-refractivity contribution in [2.24, 2.45) is 0 Å². The van der Waals surface area contributed by atoms with E-state index in [1.54, 1.807) is 18.2 Å². The minimum Gasteiger partial charge on any atom is -0.497 e. The van der Waals surface area contributed by atoms with Crippen LogP contribution in [0.2, 0.25) is 0 Å². The van der Waals surface area contributed by atoms with Crippen molar-refractivity contribution in [2.75, 3.05) is 7.11 Å².